The van der Waals surface area contributed by atoms with E-state index in [4.69, 9.17) is 21.1 Å². The molecule has 1 N–H and O–H groups in total. The van der Waals surface area contributed by atoms with E-state index in [0.717, 1.165) is 6.42 Å². The molecule has 0 aromatic carbocycles. The fourth-order valence-electron chi connectivity index (χ4n) is 1.47. The second-order valence-corrected chi connectivity index (χ2v) is 4.25. The van der Waals surface area contributed by atoms with Gasteiger partial charge in [-0.15, -0.1) is 0 Å². The van der Waals surface area contributed by atoms with Gasteiger partial charge in [0.05, 0.1) is 25.0 Å². The van der Waals surface area contributed by atoms with E-state index in [0.29, 0.717) is 38.6 Å². The lowest BCUT2D eigenvalue weighted by molar-refractivity contribution is 0.147. The van der Waals surface area contributed by atoms with Crippen LogP contribution in [0.5, 0.6) is 0 Å². The molecule has 0 atom stereocenters. The van der Waals surface area contributed by atoms with Crippen molar-refractivity contribution in [3.63, 3.8) is 0 Å². The molecule has 0 fully saturated rings. The Morgan fingerprint density at radius 1 is 1.47 bits per heavy atom. The molecule has 1 heterocycles. The minimum Gasteiger partial charge on any atom is -0.383 e. The standard InChI is InChI=1S/C12H20ClN3O3/c1-3-19-7-4-5-14-10-9-15-16(6-8-18-2)12(17)11(10)13/h9,14H,3-8H2,1-2H3. The van der Waals surface area contributed by atoms with Crippen LogP contribution in [0.3, 0.4) is 0 Å². The summed E-state index contributed by atoms with van der Waals surface area (Å²) in [6.45, 7) is 4.83. The number of anilines is 1. The zero-order valence-corrected chi connectivity index (χ0v) is 12.1. The quantitative estimate of drug-likeness (QED) is 0.696. The number of hydrogen-bond acceptors (Lipinski definition) is 5. The van der Waals surface area contributed by atoms with Crippen LogP contribution >= 0.6 is 11.6 Å². The van der Waals surface area contributed by atoms with Gasteiger partial charge in [0, 0.05) is 26.9 Å². The summed E-state index contributed by atoms with van der Waals surface area (Å²) in [6, 6.07) is 0. The first-order chi connectivity index (χ1) is 9.20. The van der Waals surface area contributed by atoms with Crippen LogP contribution in [0.2, 0.25) is 5.02 Å². The zero-order valence-electron chi connectivity index (χ0n) is 11.3. The summed E-state index contributed by atoms with van der Waals surface area (Å²) in [7, 11) is 1.57. The van der Waals surface area contributed by atoms with Crippen LogP contribution in [0.25, 0.3) is 0 Å². The van der Waals surface area contributed by atoms with Crippen molar-refractivity contribution in [1.82, 2.24) is 9.78 Å². The number of hydrogen-bond donors (Lipinski definition) is 1. The number of ether oxygens (including phenoxy) is 2. The van der Waals surface area contributed by atoms with Gasteiger partial charge in [0.15, 0.2) is 0 Å². The maximum Gasteiger partial charge on any atom is 0.287 e. The van der Waals surface area contributed by atoms with Crippen molar-refractivity contribution in [3.8, 4) is 0 Å². The second-order valence-electron chi connectivity index (χ2n) is 3.87. The molecule has 0 aliphatic heterocycles. The van der Waals surface area contributed by atoms with Crippen molar-refractivity contribution in [1.29, 1.82) is 0 Å². The zero-order chi connectivity index (χ0) is 14.1. The number of nitrogens with zero attached hydrogens (tertiary/aromatic N) is 2. The third-order valence-corrected chi connectivity index (χ3v) is 2.84. The summed E-state index contributed by atoms with van der Waals surface area (Å²) >= 11 is 6.01. The Morgan fingerprint density at radius 2 is 2.26 bits per heavy atom. The van der Waals surface area contributed by atoms with Gasteiger partial charge in [-0.25, -0.2) is 4.68 Å². The Labute approximate surface area is 117 Å². The summed E-state index contributed by atoms with van der Waals surface area (Å²) in [5.74, 6) is 0. The number of methoxy groups -OCH3 is 1. The normalized spacial score (nSPS) is 10.7. The van der Waals surface area contributed by atoms with Crippen LogP contribution in [0.1, 0.15) is 13.3 Å². The van der Waals surface area contributed by atoms with Crippen LogP contribution in [-0.4, -0.2) is 43.3 Å². The molecule has 108 valence electrons. The molecule has 0 aliphatic rings. The van der Waals surface area contributed by atoms with E-state index in [9.17, 15) is 4.79 Å². The van der Waals surface area contributed by atoms with Gasteiger partial charge in [-0.3, -0.25) is 4.79 Å². The van der Waals surface area contributed by atoms with Gasteiger partial charge in [-0.05, 0) is 13.3 Å². The summed E-state index contributed by atoms with van der Waals surface area (Å²) in [6.07, 6.45) is 2.40. The Morgan fingerprint density at radius 3 is 2.95 bits per heavy atom. The van der Waals surface area contributed by atoms with Crippen LogP contribution in [0.15, 0.2) is 11.0 Å². The van der Waals surface area contributed by atoms with Crippen LogP contribution in [0.4, 0.5) is 5.69 Å². The highest BCUT2D eigenvalue weighted by Crippen LogP contribution is 2.14. The maximum atomic E-state index is 11.9. The van der Waals surface area contributed by atoms with Gasteiger partial charge in [-0.1, -0.05) is 11.6 Å². The van der Waals surface area contributed by atoms with Gasteiger partial charge >= 0.3 is 0 Å². The predicted molar refractivity (Wildman–Crippen MR) is 75.0 cm³/mol. The highest BCUT2D eigenvalue weighted by Gasteiger charge is 2.08. The SMILES string of the molecule is CCOCCCNc1cnn(CCOC)c(=O)c1Cl. The van der Waals surface area contributed by atoms with Gasteiger partial charge in [0.2, 0.25) is 0 Å². The molecule has 6 nitrogen and oxygen atoms in total. The van der Waals surface area contributed by atoms with Crippen molar-refractivity contribution in [2.24, 2.45) is 0 Å². The number of rotatable bonds is 9. The molecule has 19 heavy (non-hydrogen) atoms. The van der Waals surface area contributed by atoms with E-state index >= 15 is 0 Å². The molecule has 7 heteroatoms. The van der Waals surface area contributed by atoms with Gasteiger partial charge < -0.3 is 14.8 Å². The highest BCUT2D eigenvalue weighted by molar-refractivity contribution is 6.32. The Balaban J connectivity index is 2.56. The van der Waals surface area contributed by atoms with Gasteiger partial charge in [0.25, 0.3) is 5.56 Å². The molecule has 0 unspecified atom stereocenters. The molecule has 1 rings (SSSR count). The third-order valence-electron chi connectivity index (χ3n) is 2.48. The van der Waals surface area contributed by atoms with Crippen molar-refractivity contribution in [3.05, 3.63) is 21.6 Å². The fourth-order valence-corrected chi connectivity index (χ4v) is 1.68. The molecule has 0 bridgehead atoms. The first-order valence-corrected chi connectivity index (χ1v) is 6.64. The highest BCUT2D eigenvalue weighted by atomic mass is 35.5. The monoisotopic (exact) mass is 289 g/mol. The molecule has 1 aromatic heterocycles. The summed E-state index contributed by atoms with van der Waals surface area (Å²) in [4.78, 5) is 11.9. The Bertz CT molecular complexity index is 437. The van der Waals surface area contributed by atoms with Gasteiger partial charge in [-0.2, -0.15) is 5.10 Å². The van der Waals surface area contributed by atoms with E-state index in [-0.39, 0.29) is 10.6 Å². The molecule has 0 aliphatic carbocycles. The number of nitrogens with one attached hydrogen (secondary N) is 1. The van der Waals surface area contributed by atoms with Crippen LogP contribution in [0, 0.1) is 0 Å². The molecule has 0 saturated heterocycles. The third kappa shape index (κ3) is 5.18. The van der Waals surface area contributed by atoms with E-state index in [1.54, 1.807) is 13.3 Å². The minimum atomic E-state index is -0.312. The molecule has 0 saturated carbocycles. The van der Waals surface area contributed by atoms with E-state index in [1.807, 2.05) is 6.92 Å². The van der Waals surface area contributed by atoms with E-state index in [1.165, 1.54) is 4.68 Å². The van der Waals surface area contributed by atoms with Crippen molar-refractivity contribution >= 4 is 17.3 Å². The molecule has 0 radical (unpaired) electrons. The summed E-state index contributed by atoms with van der Waals surface area (Å²) < 4.78 is 11.4. The average Bonchev–Trinajstić information content (AvgIpc) is 2.42. The Hall–Kier alpha value is -1.11. The first-order valence-electron chi connectivity index (χ1n) is 6.26. The van der Waals surface area contributed by atoms with Gasteiger partial charge in [0.1, 0.15) is 5.02 Å². The summed E-state index contributed by atoms with van der Waals surface area (Å²) in [5, 5.41) is 7.27. The smallest absolute Gasteiger partial charge is 0.287 e. The molecular weight excluding hydrogens is 270 g/mol. The average molecular weight is 290 g/mol. The molecule has 0 spiro atoms. The van der Waals surface area contributed by atoms with E-state index in [2.05, 4.69) is 10.4 Å². The van der Waals surface area contributed by atoms with Crippen molar-refractivity contribution in [2.45, 2.75) is 19.9 Å². The lowest BCUT2D eigenvalue weighted by Gasteiger charge is -2.10. The molecule has 1 aromatic rings. The summed E-state index contributed by atoms with van der Waals surface area (Å²) in [5.41, 5.74) is 0.241. The van der Waals surface area contributed by atoms with Crippen LogP contribution < -0.4 is 10.9 Å². The number of halogens is 1. The van der Waals surface area contributed by atoms with Crippen molar-refractivity contribution in [2.75, 3.05) is 38.8 Å². The Kier molecular flexibility index (Phi) is 7.47. The van der Waals surface area contributed by atoms with E-state index < -0.39 is 0 Å². The first kappa shape index (κ1) is 15.9. The lowest BCUT2D eigenvalue weighted by atomic mass is 10.4. The largest absolute Gasteiger partial charge is 0.383 e. The number of aromatic nitrogens is 2. The second kappa shape index (κ2) is 8.90. The van der Waals surface area contributed by atoms with Crippen LogP contribution in [-0.2, 0) is 16.0 Å². The lowest BCUT2D eigenvalue weighted by Crippen LogP contribution is -2.26. The topological polar surface area (TPSA) is 65.4 Å². The fraction of sp³-hybridized carbons (Fsp3) is 0.667. The van der Waals surface area contributed by atoms with Crippen molar-refractivity contribution < 1.29 is 9.47 Å². The molecule has 0 amide bonds. The minimum absolute atomic E-state index is 0.155. The maximum absolute atomic E-state index is 11.9. The predicted octanol–water partition coefficient (Wildman–Crippen LogP) is 1.38. The molecular formula is C12H20ClN3O3.